The van der Waals surface area contributed by atoms with E-state index in [1.165, 1.54) is 5.56 Å². The SMILES string of the molecule is CCc1cc(Br)c(O)c(C2CCNCC2)c1. The van der Waals surface area contributed by atoms with E-state index in [1.807, 2.05) is 6.07 Å². The number of hydrogen-bond donors (Lipinski definition) is 2. The lowest BCUT2D eigenvalue weighted by Gasteiger charge is -2.24. The van der Waals surface area contributed by atoms with Crippen LogP contribution in [0.2, 0.25) is 0 Å². The summed E-state index contributed by atoms with van der Waals surface area (Å²) >= 11 is 3.44. The molecule has 1 aromatic rings. The molecule has 1 aliphatic heterocycles. The zero-order chi connectivity index (χ0) is 11.5. The largest absolute Gasteiger partial charge is 0.506 e. The molecule has 2 N–H and O–H groups in total. The lowest BCUT2D eigenvalue weighted by molar-refractivity contribution is 0.422. The molecule has 0 unspecified atom stereocenters. The average Bonchev–Trinajstić information content (AvgIpc) is 2.33. The van der Waals surface area contributed by atoms with Crippen LogP contribution < -0.4 is 5.32 Å². The van der Waals surface area contributed by atoms with Crippen LogP contribution in [0.5, 0.6) is 5.75 Å². The monoisotopic (exact) mass is 283 g/mol. The van der Waals surface area contributed by atoms with Crippen LogP contribution in [-0.2, 0) is 6.42 Å². The summed E-state index contributed by atoms with van der Waals surface area (Å²) in [4.78, 5) is 0. The van der Waals surface area contributed by atoms with E-state index in [4.69, 9.17) is 0 Å². The van der Waals surface area contributed by atoms with Crippen LogP contribution in [0, 0.1) is 0 Å². The maximum absolute atomic E-state index is 10.1. The molecule has 0 atom stereocenters. The van der Waals surface area contributed by atoms with Gasteiger partial charge in [-0.05, 0) is 71.4 Å². The van der Waals surface area contributed by atoms with Crippen molar-refractivity contribution >= 4 is 15.9 Å². The minimum atomic E-state index is 0.434. The number of nitrogens with one attached hydrogen (secondary N) is 1. The molecule has 1 aromatic carbocycles. The Hall–Kier alpha value is -0.540. The Morgan fingerprint density at radius 1 is 1.38 bits per heavy atom. The van der Waals surface area contributed by atoms with Crippen molar-refractivity contribution in [2.24, 2.45) is 0 Å². The molecule has 88 valence electrons. The average molecular weight is 284 g/mol. The molecular weight excluding hydrogens is 266 g/mol. The van der Waals surface area contributed by atoms with Gasteiger partial charge in [0.1, 0.15) is 5.75 Å². The van der Waals surface area contributed by atoms with Gasteiger partial charge >= 0.3 is 0 Å². The number of benzene rings is 1. The Balaban J connectivity index is 2.33. The van der Waals surface area contributed by atoms with Crippen molar-refractivity contribution in [3.05, 3.63) is 27.7 Å². The molecule has 0 spiro atoms. The van der Waals surface area contributed by atoms with Crippen molar-refractivity contribution in [3.63, 3.8) is 0 Å². The maximum Gasteiger partial charge on any atom is 0.133 e. The highest BCUT2D eigenvalue weighted by Gasteiger charge is 2.20. The fraction of sp³-hybridized carbons (Fsp3) is 0.538. The topological polar surface area (TPSA) is 32.3 Å². The fourth-order valence-electron chi connectivity index (χ4n) is 2.33. The van der Waals surface area contributed by atoms with E-state index in [2.05, 4.69) is 34.2 Å². The first-order chi connectivity index (χ1) is 7.72. The van der Waals surface area contributed by atoms with Gasteiger partial charge in [-0.1, -0.05) is 13.0 Å². The highest BCUT2D eigenvalue weighted by Crippen LogP contribution is 2.37. The first-order valence-corrected chi connectivity index (χ1v) is 6.73. The quantitative estimate of drug-likeness (QED) is 0.874. The number of phenols is 1. The van der Waals surface area contributed by atoms with Crippen LogP contribution in [0.25, 0.3) is 0 Å². The van der Waals surface area contributed by atoms with Crippen LogP contribution >= 0.6 is 15.9 Å². The number of rotatable bonds is 2. The van der Waals surface area contributed by atoms with E-state index in [0.717, 1.165) is 42.4 Å². The van der Waals surface area contributed by atoms with Crippen molar-refractivity contribution in [1.29, 1.82) is 0 Å². The summed E-state index contributed by atoms with van der Waals surface area (Å²) in [5.41, 5.74) is 2.41. The van der Waals surface area contributed by atoms with Crippen molar-refractivity contribution in [3.8, 4) is 5.75 Å². The van der Waals surface area contributed by atoms with Gasteiger partial charge in [-0.15, -0.1) is 0 Å². The van der Waals surface area contributed by atoms with Gasteiger partial charge in [0, 0.05) is 0 Å². The Morgan fingerprint density at radius 3 is 2.69 bits per heavy atom. The lowest BCUT2D eigenvalue weighted by atomic mass is 9.88. The molecule has 0 amide bonds. The molecule has 0 aliphatic carbocycles. The minimum absolute atomic E-state index is 0.434. The molecule has 1 heterocycles. The molecule has 1 fully saturated rings. The zero-order valence-corrected chi connectivity index (χ0v) is 11.2. The second kappa shape index (κ2) is 5.19. The van der Waals surface area contributed by atoms with Crippen molar-refractivity contribution in [2.45, 2.75) is 32.1 Å². The van der Waals surface area contributed by atoms with Crippen molar-refractivity contribution in [1.82, 2.24) is 5.32 Å². The van der Waals surface area contributed by atoms with Gasteiger partial charge in [0.25, 0.3) is 0 Å². The third kappa shape index (κ3) is 2.41. The fourth-order valence-corrected chi connectivity index (χ4v) is 2.85. The molecule has 2 rings (SSSR count). The third-order valence-electron chi connectivity index (χ3n) is 3.34. The second-order valence-electron chi connectivity index (χ2n) is 4.39. The molecule has 0 bridgehead atoms. The molecular formula is C13H18BrNO. The van der Waals surface area contributed by atoms with Gasteiger partial charge in [0.15, 0.2) is 0 Å². The van der Waals surface area contributed by atoms with E-state index < -0.39 is 0 Å². The third-order valence-corrected chi connectivity index (χ3v) is 3.94. The number of aryl methyl sites for hydroxylation is 1. The van der Waals surface area contributed by atoms with Gasteiger partial charge < -0.3 is 10.4 Å². The highest BCUT2D eigenvalue weighted by molar-refractivity contribution is 9.10. The predicted molar refractivity (Wildman–Crippen MR) is 70.0 cm³/mol. The summed E-state index contributed by atoms with van der Waals surface area (Å²) in [6.45, 7) is 4.25. The molecule has 0 aromatic heterocycles. The van der Waals surface area contributed by atoms with Crippen LogP contribution in [0.1, 0.15) is 36.8 Å². The lowest BCUT2D eigenvalue weighted by Crippen LogP contribution is -2.26. The Labute approximate surface area is 105 Å². The summed E-state index contributed by atoms with van der Waals surface area (Å²) in [6, 6.07) is 4.18. The number of halogens is 1. The first-order valence-electron chi connectivity index (χ1n) is 5.94. The standard InChI is InChI=1S/C13H18BrNO/c1-2-9-7-11(13(16)12(14)8-9)10-3-5-15-6-4-10/h7-8,10,15-16H,2-6H2,1H3. The summed E-state index contributed by atoms with van der Waals surface area (Å²) in [5, 5.41) is 13.5. The zero-order valence-electron chi connectivity index (χ0n) is 9.59. The number of hydrogen-bond acceptors (Lipinski definition) is 2. The summed E-state index contributed by atoms with van der Waals surface area (Å²) in [6.07, 6.45) is 3.25. The molecule has 0 radical (unpaired) electrons. The van der Waals surface area contributed by atoms with Gasteiger partial charge in [-0.25, -0.2) is 0 Å². The molecule has 1 aliphatic rings. The van der Waals surface area contributed by atoms with Crippen LogP contribution in [-0.4, -0.2) is 18.2 Å². The van der Waals surface area contributed by atoms with Gasteiger partial charge in [-0.3, -0.25) is 0 Å². The molecule has 3 heteroatoms. The molecule has 1 saturated heterocycles. The van der Waals surface area contributed by atoms with Crippen molar-refractivity contribution < 1.29 is 5.11 Å². The van der Waals surface area contributed by atoms with E-state index in [9.17, 15) is 5.11 Å². The van der Waals surface area contributed by atoms with E-state index in [1.54, 1.807) is 0 Å². The summed E-state index contributed by atoms with van der Waals surface area (Å²) in [7, 11) is 0. The van der Waals surface area contributed by atoms with E-state index in [-0.39, 0.29) is 0 Å². The summed E-state index contributed by atoms with van der Waals surface area (Å²) in [5.74, 6) is 0.938. The van der Waals surface area contributed by atoms with Gasteiger partial charge in [0.2, 0.25) is 0 Å². The maximum atomic E-state index is 10.1. The van der Waals surface area contributed by atoms with Crippen LogP contribution in [0.3, 0.4) is 0 Å². The van der Waals surface area contributed by atoms with Crippen LogP contribution in [0.15, 0.2) is 16.6 Å². The number of phenolic OH excluding ortho intramolecular Hbond substituents is 1. The van der Waals surface area contributed by atoms with Crippen molar-refractivity contribution in [2.75, 3.05) is 13.1 Å². The predicted octanol–water partition coefficient (Wildman–Crippen LogP) is 3.18. The van der Waals surface area contributed by atoms with E-state index >= 15 is 0 Å². The smallest absolute Gasteiger partial charge is 0.133 e. The van der Waals surface area contributed by atoms with Gasteiger partial charge in [-0.2, -0.15) is 0 Å². The summed E-state index contributed by atoms with van der Waals surface area (Å²) < 4.78 is 0.834. The molecule has 0 saturated carbocycles. The second-order valence-corrected chi connectivity index (χ2v) is 5.25. The number of piperidine rings is 1. The van der Waals surface area contributed by atoms with Gasteiger partial charge in [0.05, 0.1) is 4.47 Å². The normalized spacial score (nSPS) is 17.6. The number of aromatic hydroxyl groups is 1. The highest BCUT2D eigenvalue weighted by atomic mass is 79.9. The van der Waals surface area contributed by atoms with Crippen LogP contribution in [0.4, 0.5) is 0 Å². The Kier molecular flexibility index (Phi) is 3.87. The molecule has 16 heavy (non-hydrogen) atoms. The first kappa shape index (κ1) is 11.9. The Morgan fingerprint density at radius 2 is 2.06 bits per heavy atom. The van der Waals surface area contributed by atoms with E-state index in [0.29, 0.717) is 11.7 Å². The Bertz CT molecular complexity index is 372. The minimum Gasteiger partial charge on any atom is -0.506 e. The molecule has 2 nitrogen and oxygen atoms in total.